The number of anilines is 3. The molecule has 0 aromatic heterocycles. The molecule has 0 heterocycles. The molecule has 1 unspecified atom stereocenters. The van der Waals surface area contributed by atoms with E-state index in [0.29, 0.717) is 36.5 Å². The maximum atomic E-state index is 11.5. The highest BCUT2D eigenvalue weighted by Crippen LogP contribution is 2.30. The highest BCUT2D eigenvalue weighted by atomic mass is 16.5. The number of aromatic hydroxyl groups is 1. The first-order chi connectivity index (χ1) is 19.8. The Bertz CT molecular complexity index is 1220. The predicted molar refractivity (Wildman–Crippen MR) is 154 cm³/mol. The molecule has 3 aromatic rings. The average Bonchev–Trinajstić information content (AvgIpc) is 2.98. The molecule has 0 bridgehead atoms. The van der Waals surface area contributed by atoms with Crippen LogP contribution in [0.5, 0.6) is 11.5 Å². The second-order valence-corrected chi connectivity index (χ2v) is 8.93. The number of phenolic OH excluding ortho intramolecular Hbond substituents is 1. The van der Waals surface area contributed by atoms with Crippen molar-refractivity contribution >= 4 is 35.7 Å². The SMILES string of the molecule is COC(=O)Nc1ccc(C(CCNCC(O)COc2ccc(O)c(NC=O)c2)c2ccc(NC(=O)OC)cc2)cc1. The van der Waals surface area contributed by atoms with E-state index in [1.54, 1.807) is 24.3 Å². The first-order valence-electron chi connectivity index (χ1n) is 12.8. The van der Waals surface area contributed by atoms with Crippen molar-refractivity contribution in [2.75, 3.05) is 49.9 Å². The fraction of sp³-hybridized carbons (Fsp3) is 0.276. The van der Waals surface area contributed by atoms with E-state index in [2.05, 4.69) is 30.7 Å². The molecule has 0 aliphatic rings. The number of phenols is 1. The van der Waals surface area contributed by atoms with Gasteiger partial charge in [-0.1, -0.05) is 24.3 Å². The molecule has 1 atom stereocenters. The van der Waals surface area contributed by atoms with Gasteiger partial charge in [-0.15, -0.1) is 0 Å². The Hall–Kier alpha value is -4.81. The third-order valence-electron chi connectivity index (χ3n) is 6.10. The van der Waals surface area contributed by atoms with Crippen LogP contribution in [0.4, 0.5) is 26.7 Å². The molecule has 41 heavy (non-hydrogen) atoms. The van der Waals surface area contributed by atoms with Crippen LogP contribution in [0.15, 0.2) is 66.7 Å². The highest BCUT2D eigenvalue weighted by molar-refractivity contribution is 5.85. The minimum absolute atomic E-state index is 0.00501. The zero-order valence-electron chi connectivity index (χ0n) is 22.8. The maximum Gasteiger partial charge on any atom is 0.411 e. The van der Waals surface area contributed by atoms with Gasteiger partial charge in [0.15, 0.2) is 0 Å². The number of ether oxygens (including phenoxy) is 3. The Kier molecular flexibility index (Phi) is 11.8. The summed E-state index contributed by atoms with van der Waals surface area (Å²) >= 11 is 0. The van der Waals surface area contributed by atoms with Crippen molar-refractivity contribution in [1.82, 2.24) is 5.32 Å². The van der Waals surface area contributed by atoms with Crippen LogP contribution in [0, 0.1) is 0 Å². The van der Waals surface area contributed by atoms with Crippen molar-refractivity contribution in [2.45, 2.75) is 18.4 Å². The van der Waals surface area contributed by atoms with E-state index >= 15 is 0 Å². The molecule has 218 valence electrons. The Balaban J connectivity index is 1.60. The highest BCUT2D eigenvalue weighted by Gasteiger charge is 2.16. The lowest BCUT2D eigenvalue weighted by Gasteiger charge is -2.20. The van der Waals surface area contributed by atoms with Crippen molar-refractivity contribution in [2.24, 2.45) is 0 Å². The van der Waals surface area contributed by atoms with Crippen molar-refractivity contribution in [3.63, 3.8) is 0 Å². The van der Waals surface area contributed by atoms with Crippen molar-refractivity contribution in [1.29, 1.82) is 0 Å². The van der Waals surface area contributed by atoms with Gasteiger partial charge in [-0.2, -0.15) is 0 Å². The van der Waals surface area contributed by atoms with Crippen LogP contribution in [0.1, 0.15) is 23.5 Å². The molecule has 6 N–H and O–H groups in total. The summed E-state index contributed by atoms with van der Waals surface area (Å²) in [6.45, 7) is 0.845. The third kappa shape index (κ3) is 9.71. The fourth-order valence-electron chi connectivity index (χ4n) is 4.01. The molecule has 3 rings (SSSR count). The molecule has 0 aliphatic carbocycles. The Morgan fingerprint density at radius 1 is 0.878 bits per heavy atom. The van der Waals surface area contributed by atoms with Gasteiger partial charge >= 0.3 is 12.2 Å². The molecule has 0 spiro atoms. The van der Waals surface area contributed by atoms with Crippen LogP contribution in [0.25, 0.3) is 0 Å². The van der Waals surface area contributed by atoms with E-state index in [9.17, 15) is 24.6 Å². The summed E-state index contributed by atoms with van der Waals surface area (Å²) in [5.74, 6) is 0.266. The number of aliphatic hydroxyl groups is 1. The number of benzene rings is 3. The molecule has 3 aromatic carbocycles. The molecule has 0 aliphatic heterocycles. The topological polar surface area (TPSA) is 167 Å². The quantitative estimate of drug-likeness (QED) is 0.0964. The lowest BCUT2D eigenvalue weighted by Crippen LogP contribution is -2.32. The number of carbonyl (C=O) groups is 3. The molecule has 3 amide bonds. The number of hydrogen-bond donors (Lipinski definition) is 6. The Labute approximate surface area is 237 Å². The zero-order chi connectivity index (χ0) is 29.6. The first kappa shape index (κ1) is 30.7. The monoisotopic (exact) mass is 566 g/mol. The van der Waals surface area contributed by atoms with Crippen LogP contribution in [-0.4, -0.2) is 68.8 Å². The van der Waals surface area contributed by atoms with E-state index in [-0.39, 0.29) is 30.5 Å². The summed E-state index contributed by atoms with van der Waals surface area (Å²) in [7, 11) is 2.59. The van der Waals surface area contributed by atoms with E-state index in [0.717, 1.165) is 11.1 Å². The normalized spacial score (nSPS) is 11.3. The number of rotatable bonds is 14. The van der Waals surface area contributed by atoms with E-state index in [1.807, 2.05) is 24.3 Å². The van der Waals surface area contributed by atoms with Gasteiger partial charge < -0.3 is 35.1 Å². The van der Waals surface area contributed by atoms with Gasteiger partial charge in [-0.25, -0.2) is 9.59 Å². The van der Waals surface area contributed by atoms with E-state index in [4.69, 9.17) is 4.74 Å². The second kappa shape index (κ2) is 15.7. The summed E-state index contributed by atoms with van der Waals surface area (Å²) in [5.41, 5.74) is 3.42. The minimum Gasteiger partial charge on any atom is -0.506 e. The summed E-state index contributed by atoms with van der Waals surface area (Å²) in [5, 5.41) is 31.0. The van der Waals surface area contributed by atoms with Crippen LogP contribution in [0.2, 0.25) is 0 Å². The van der Waals surface area contributed by atoms with Crippen LogP contribution in [0.3, 0.4) is 0 Å². The van der Waals surface area contributed by atoms with Crippen LogP contribution >= 0.6 is 0 Å². The molecule has 0 radical (unpaired) electrons. The number of hydrogen-bond acceptors (Lipinski definition) is 9. The summed E-state index contributed by atoms with van der Waals surface area (Å²) in [4.78, 5) is 33.7. The lowest BCUT2D eigenvalue weighted by molar-refractivity contribution is -0.105. The molecule has 12 nitrogen and oxygen atoms in total. The second-order valence-electron chi connectivity index (χ2n) is 8.93. The minimum atomic E-state index is -0.808. The largest absolute Gasteiger partial charge is 0.506 e. The summed E-state index contributed by atoms with van der Waals surface area (Å²) in [6.07, 6.45) is -0.792. The van der Waals surface area contributed by atoms with Gasteiger partial charge in [-0.05, 0) is 60.5 Å². The predicted octanol–water partition coefficient (Wildman–Crippen LogP) is 3.87. The number of nitrogens with one attached hydrogen (secondary N) is 4. The summed E-state index contributed by atoms with van der Waals surface area (Å²) < 4.78 is 14.9. The Morgan fingerprint density at radius 3 is 1.95 bits per heavy atom. The molecule has 0 fully saturated rings. The standard InChI is InChI=1S/C29H34N4O8/c1-39-28(37)32-21-7-3-19(4-8-21)25(20-5-9-22(10-6-20)33-29(38)40-2)13-14-30-16-23(35)17-41-24-11-12-27(36)26(15-24)31-18-34/h3-12,15,18,23,25,30,35-36H,13-14,16-17H2,1-2H3,(H,31,34)(H,32,37)(H,33,38). The molecule has 0 saturated carbocycles. The number of aliphatic hydroxyl groups excluding tert-OH is 1. The van der Waals surface area contributed by atoms with Crippen LogP contribution < -0.4 is 26.0 Å². The average molecular weight is 567 g/mol. The van der Waals surface area contributed by atoms with Crippen molar-refractivity contribution in [3.05, 3.63) is 77.9 Å². The van der Waals surface area contributed by atoms with Gasteiger partial charge in [-0.3, -0.25) is 15.4 Å². The van der Waals surface area contributed by atoms with Crippen molar-refractivity contribution < 1.29 is 38.8 Å². The number of amides is 3. The van der Waals surface area contributed by atoms with Crippen molar-refractivity contribution in [3.8, 4) is 11.5 Å². The summed E-state index contributed by atoms with van der Waals surface area (Å²) in [6, 6.07) is 19.2. The van der Waals surface area contributed by atoms with Gasteiger partial charge in [0.1, 0.15) is 24.2 Å². The molecule has 0 saturated heterocycles. The van der Waals surface area contributed by atoms with Gasteiger partial charge in [0.2, 0.25) is 6.41 Å². The van der Waals surface area contributed by atoms with Crippen LogP contribution in [-0.2, 0) is 14.3 Å². The molecular weight excluding hydrogens is 532 g/mol. The van der Waals surface area contributed by atoms with E-state index < -0.39 is 18.3 Å². The maximum absolute atomic E-state index is 11.5. The molecular formula is C29H34N4O8. The van der Waals surface area contributed by atoms with Gasteiger partial charge in [0.25, 0.3) is 0 Å². The lowest BCUT2D eigenvalue weighted by atomic mass is 9.88. The third-order valence-corrected chi connectivity index (χ3v) is 6.10. The number of carbonyl (C=O) groups excluding carboxylic acids is 3. The smallest absolute Gasteiger partial charge is 0.411 e. The van der Waals surface area contributed by atoms with E-state index in [1.165, 1.54) is 32.4 Å². The Morgan fingerprint density at radius 2 is 1.44 bits per heavy atom. The zero-order valence-corrected chi connectivity index (χ0v) is 22.8. The fourth-order valence-corrected chi connectivity index (χ4v) is 4.01. The van der Waals surface area contributed by atoms with Gasteiger partial charge in [0.05, 0.1) is 19.9 Å². The molecule has 12 heteroatoms. The van der Waals surface area contributed by atoms with Gasteiger partial charge in [0, 0.05) is 29.9 Å². The first-order valence-corrected chi connectivity index (χ1v) is 12.8. The number of methoxy groups -OCH3 is 2.